The smallest absolute Gasteiger partial charge is 0.192 e. The molecule has 0 amide bonds. The van der Waals surface area contributed by atoms with Gasteiger partial charge in [-0.25, -0.2) is 0 Å². The number of rotatable bonds is 0. The zero-order valence-corrected chi connectivity index (χ0v) is 6.20. The van der Waals surface area contributed by atoms with Gasteiger partial charge in [0.05, 0.1) is 17.9 Å². The number of hydrogen-bond donors (Lipinski definition) is 0. The van der Waals surface area contributed by atoms with Gasteiger partial charge in [-0.2, -0.15) is 5.10 Å². The molecule has 0 aliphatic carbocycles. The molecule has 0 N–H and O–H groups in total. The lowest BCUT2D eigenvalue weighted by Crippen LogP contribution is -2.16. The van der Waals surface area contributed by atoms with Gasteiger partial charge >= 0.3 is 0 Å². The Hall–Kier alpha value is -1.16. The minimum Gasteiger partial charge on any atom is -0.367 e. The molecule has 4 heteroatoms. The first-order valence-electron chi connectivity index (χ1n) is 3.41. The number of ether oxygens (including phenoxy) is 1. The molecule has 4 nitrogen and oxygen atoms in total. The number of carbonyl (C=O) groups is 1. The molecular weight excluding hydrogens is 144 g/mol. The summed E-state index contributed by atoms with van der Waals surface area (Å²) in [5.74, 6) is 0.0272. The highest BCUT2D eigenvalue weighted by atomic mass is 16.5. The van der Waals surface area contributed by atoms with E-state index < -0.39 is 0 Å². The number of carbonyl (C=O) groups excluding carboxylic acids is 1. The van der Waals surface area contributed by atoms with Crippen molar-refractivity contribution in [2.75, 3.05) is 6.61 Å². The number of hydrogen-bond acceptors (Lipinski definition) is 3. The van der Waals surface area contributed by atoms with Gasteiger partial charge in [0.2, 0.25) is 0 Å². The average molecular weight is 152 g/mol. The van der Waals surface area contributed by atoms with Crippen LogP contribution in [0.25, 0.3) is 0 Å². The number of aryl methyl sites for hydroxylation is 1. The maximum absolute atomic E-state index is 11.1. The predicted molar refractivity (Wildman–Crippen MR) is 37.2 cm³/mol. The van der Waals surface area contributed by atoms with E-state index >= 15 is 0 Å². The van der Waals surface area contributed by atoms with Gasteiger partial charge < -0.3 is 4.74 Å². The number of ketones is 1. The van der Waals surface area contributed by atoms with Gasteiger partial charge in [-0.15, -0.1) is 0 Å². The van der Waals surface area contributed by atoms with E-state index in [1.54, 1.807) is 17.9 Å². The number of nitrogens with zero attached hydrogens (tertiary/aromatic N) is 2. The summed E-state index contributed by atoms with van der Waals surface area (Å²) in [5, 5.41) is 4.07. The van der Waals surface area contributed by atoms with Crippen molar-refractivity contribution in [2.45, 2.75) is 6.61 Å². The van der Waals surface area contributed by atoms with E-state index in [-0.39, 0.29) is 12.4 Å². The van der Waals surface area contributed by atoms with Crippen molar-refractivity contribution < 1.29 is 9.53 Å². The Morgan fingerprint density at radius 3 is 3.18 bits per heavy atom. The number of aromatic nitrogens is 2. The molecule has 11 heavy (non-hydrogen) atoms. The van der Waals surface area contributed by atoms with Crippen LogP contribution in [0.2, 0.25) is 0 Å². The van der Waals surface area contributed by atoms with Crippen molar-refractivity contribution in [1.82, 2.24) is 9.78 Å². The molecule has 0 aromatic carbocycles. The third-order valence-electron chi connectivity index (χ3n) is 1.68. The Morgan fingerprint density at radius 1 is 1.64 bits per heavy atom. The maximum atomic E-state index is 11.1. The third-order valence-corrected chi connectivity index (χ3v) is 1.68. The summed E-state index contributed by atoms with van der Waals surface area (Å²) >= 11 is 0. The van der Waals surface area contributed by atoms with Gasteiger partial charge in [0.25, 0.3) is 0 Å². The van der Waals surface area contributed by atoms with E-state index in [0.717, 1.165) is 5.69 Å². The molecule has 0 unspecified atom stereocenters. The van der Waals surface area contributed by atoms with Crippen molar-refractivity contribution in [3.8, 4) is 0 Å². The summed E-state index contributed by atoms with van der Waals surface area (Å²) in [7, 11) is 1.80. The summed E-state index contributed by atoms with van der Waals surface area (Å²) in [6.07, 6.45) is 1.74. The SMILES string of the molecule is Cn1cc2c(n1)COCC2=O. The number of fused-ring (bicyclic) bond motifs is 1. The molecule has 0 saturated carbocycles. The summed E-state index contributed by atoms with van der Waals surface area (Å²) in [5.41, 5.74) is 1.46. The summed E-state index contributed by atoms with van der Waals surface area (Å²) in [6.45, 7) is 0.653. The van der Waals surface area contributed by atoms with Crippen molar-refractivity contribution >= 4 is 5.78 Å². The molecule has 0 bridgehead atoms. The zero-order valence-electron chi connectivity index (χ0n) is 6.20. The van der Waals surface area contributed by atoms with Crippen LogP contribution < -0.4 is 0 Å². The van der Waals surface area contributed by atoms with Gasteiger partial charge in [0, 0.05) is 13.2 Å². The van der Waals surface area contributed by atoms with Crippen molar-refractivity contribution in [2.24, 2.45) is 7.05 Å². The molecule has 0 saturated heterocycles. The van der Waals surface area contributed by atoms with E-state index in [9.17, 15) is 4.79 Å². The third kappa shape index (κ3) is 0.952. The van der Waals surface area contributed by atoms with Crippen molar-refractivity contribution in [3.05, 3.63) is 17.5 Å². The van der Waals surface area contributed by atoms with Crippen LogP contribution in [-0.2, 0) is 18.4 Å². The molecule has 0 radical (unpaired) electrons. The Kier molecular flexibility index (Phi) is 1.29. The molecule has 1 aromatic heterocycles. The lowest BCUT2D eigenvalue weighted by atomic mass is 10.1. The Balaban J connectivity index is 2.52. The van der Waals surface area contributed by atoms with Crippen LogP contribution in [0, 0.1) is 0 Å². The van der Waals surface area contributed by atoms with Crippen LogP contribution in [0.3, 0.4) is 0 Å². The van der Waals surface area contributed by atoms with Gasteiger partial charge in [0.1, 0.15) is 6.61 Å². The van der Waals surface area contributed by atoms with Crippen LogP contribution in [0.1, 0.15) is 16.1 Å². The van der Waals surface area contributed by atoms with Gasteiger partial charge in [-0.05, 0) is 0 Å². The number of Topliss-reactive ketones (excluding diaryl/α,β-unsaturated/α-hetero) is 1. The summed E-state index contributed by atoms with van der Waals surface area (Å²) in [6, 6.07) is 0. The van der Waals surface area contributed by atoms with E-state index in [2.05, 4.69) is 5.10 Å². The quantitative estimate of drug-likeness (QED) is 0.531. The zero-order chi connectivity index (χ0) is 7.84. The van der Waals surface area contributed by atoms with Gasteiger partial charge in [-0.1, -0.05) is 0 Å². The molecular formula is C7H8N2O2. The Labute approximate surface area is 63.8 Å². The molecule has 2 rings (SSSR count). The Morgan fingerprint density at radius 2 is 2.45 bits per heavy atom. The second kappa shape index (κ2) is 2.17. The fourth-order valence-corrected chi connectivity index (χ4v) is 1.19. The first-order valence-corrected chi connectivity index (χ1v) is 3.41. The average Bonchev–Trinajstić information content (AvgIpc) is 2.31. The first kappa shape index (κ1) is 6.54. The maximum Gasteiger partial charge on any atom is 0.192 e. The largest absolute Gasteiger partial charge is 0.367 e. The normalized spacial score (nSPS) is 16.6. The van der Waals surface area contributed by atoms with E-state index in [1.165, 1.54) is 0 Å². The van der Waals surface area contributed by atoms with Crippen LogP contribution in [0.5, 0.6) is 0 Å². The fourth-order valence-electron chi connectivity index (χ4n) is 1.19. The molecule has 2 heterocycles. The van der Waals surface area contributed by atoms with Crippen LogP contribution in [0.15, 0.2) is 6.20 Å². The topological polar surface area (TPSA) is 44.1 Å². The molecule has 0 fully saturated rings. The van der Waals surface area contributed by atoms with Crippen molar-refractivity contribution in [1.29, 1.82) is 0 Å². The van der Waals surface area contributed by atoms with E-state index in [0.29, 0.717) is 12.2 Å². The minimum absolute atomic E-state index is 0.0272. The fraction of sp³-hybridized carbons (Fsp3) is 0.429. The monoisotopic (exact) mass is 152 g/mol. The summed E-state index contributed by atoms with van der Waals surface area (Å²) < 4.78 is 6.63. The second-order valence-corrected chi connectivity index (χ2v) is 2.58. The highest BCUT2D eigenvalue weighted by Crippen LogP contribution is 2.13. The molecule has 1 aliphatic heterocycles. The lowest BCUT2D eigenvalue weighted by Gasteiger charge is -2.07. The molecule has 1 aliphatic rings. The highest BCUT2D eigenvalue weighted by Gasteiger charge is 2.20. The van der Waals surface area contributed by atoms with Crippen molar-refractivity contribution in [3.63, 3.8) is 0 Å². The minimum atomic E-state index is 0.0272. The lowest BCUT2D eigenvalue weighted by molar-refractivity contribution is 0.0658. The first-order chi connectivity index (χ1) is 5.27. The van der Waals surface area contributed by atoms with E-state index in [1.807, 2.05) is 0 Å². The molecule has 0 spiro atoms. The van der Waals surface area contributed by atoms with Crippen LogP contribution in [0.4, 0.5) is 0 Å². The molecule has 1 aromatic rings. The van der Waals surface area contributed by atoms with Gasteiger partial charge in [0.15, 0.2) is 5.78 Å². The molecule has 0 atom stereocenters. The van der Waals surface area contributed by atoms with Gasteiger partial charge in [-0.3, -0.25) is 9.48 Å². The second-order valence-electron chi connectivity index (χ2n) is 2.58. The van der Waals surface area contributed by atoms with Crippen LogP contribution in [-0.4, -0.2) is 22.2 Å². The predicted octanol–water partition coefficient (Wildman–Crippen LogP) is 0.133. The Bertz CT molecular complexity index is 303. The van der Waals surface area contributed by atoms with E-state index in [4.69, 9.17) is 4.74 Å². The highest BCUT2D eigenvalue weighted by molar-refractivity contribution is 5.98. The van der Waals surface area contributed by atoms with Crippen LogP contribution >= 0.6 is 0 Å². The standard InChI is InChI=1S/C7H8N2O2/c1-9-2-5-6(8-9)3-11-4-7(5)10/h2H,3-4H2,1H3. The summed E-state index contributed by atoms with van der Waals surface area (Å²) in [4.78, 5) is 11.1. The molecule has 58 valence electrons.